The molecule has 3 nitrogen and oxygen atoms in total. The first kappa shape index (κ1) is 14.0. The Morgan fingerprint density at radius 1 is 1.56 bits per heavy atom. The lowest BCUT2D eigenvalue weighted by atomic mass is 10.1. The maximum absolute atomic E-state index is 5.47. The van der Waals surface area contributed by atoms with E-state index in [1.165, 1.54) is 5.56 Å². The van der Waals surface area contributed by atoms with Gasteiger partial charge in [-0.3, -0.25) is 0 Å². The normalized spacial score (nSPS) is 21.8. The van der Waals surface area contributed by atoms with Gasteiger partial charge in [0.05, 0.1) is 13.2 Å². The Balaban J connectivity index is 1.72. The van der Waals surface area contributed by atoms with Crippen molar-refractivity contribution in [1.29, 1.82) is 0 Å². The van der Waals surface area contributed by atoms with Gasteiger partial charge in [-0.2, -0.15) is 0 Å². The van der Waals surface area contributed by atoms with Crippen LogP contribution in [0.4, 0.5) is 0 Å². The first-order valence-electron chi connectivity index (χ1n) is 6.53. The second-order valence-electron chi connectivity index (χ2n) is 4.87. The molecule has 0 radical (unpaired) electrons. The molecule has 1 heterocycles. The van der Waals surface area contributed by atoms with Crippen LogP contribution in [0.2, 0.25) is 0 Å². The zero-order chi connectivity index (χ0) is 12.8. The third-order valence-corrected chi connectivity index (χ3v) is 3.67. The van der Waals surface area contributed by atoms with Gasteiger partial charge in [-0.05, 0) is 31.0 Å². The van der Waals surface area contributed by atoms with Gasteiger partial charge in [-0.15, -0.1) is 0 Å². The van der Waals surface area contributed by atoms with E-state index in [2.05, 4.69) is 57.8 Å². The van der Waals surface area contributed by atoms with Crippen molar-refractivity contribution in [3.8, 4) is 0 Å². The third-order valence-electron chi connectivity index (χ3n) is 3.18. The Hall–Kier alpha value is -0.420. The molecule has 4 heteroatoms. The molecule has 1 aliphatic heterocycles. The molecule has 2 atom stereocenters. The summed E-state index contributed by atoms with van der Waals surface area (Å²) >= 11 is 3.49. The smallest absolute Gasteiger partial charge is 0.0620 e. The molecule has 1 aliphatic rings. The number of hydrogen-bond donors (Lipinski definition) is 2. The van der Waals surface area contributed by atoms with Gasteiger partial charge in [0.15, 0.2) is 0 Å². The minimum atomic E-state index is 0.489. The molecule has 0 bridgehead atoms. The second kappa shape index (κ2) is 7.24. The molecule has 1 saturated heterocycles. The van der Waals surface area contributed by atoms with E-state index in [4.69, 9.17) is 4.74 Å². The largest absolute Gasteiger partial charge is 0.379 e. The van der Waals surface area contributed by atoms with Crippen molar-refractivity contribution >= 4 is 15.9 Å². The van der Waals surface area contributed by atoms with Crippen molar-refractivity contribution in [3.63, 3.8) is 0 Å². The van der Waals surface area contributed by atoms with Crippen LogP contribution in [0.1, 0.15) is 18.9 Å². The molecule has 0 saturated carbocycles. The number of nitrogens with one attached hydrogen (secondary N) is 2. The number of halogens is 1. The summed E-state index contributed by atoms with van der Waals surface area (Å²) < 4.78 is 6.60. The van der Waals surface area contributed by atoms with Gasteiger partial charge in [0.1, 0.15) is 0 Å². The van der Waals surface area contributed by atoms with Crippen molar-refractivity contribution < 1.29 is 4.74 Å². The summed E-state index contributed by atoms with van der Waals surface area (Å²) in [5.41, 5.74) is 1.31. The maximum Gasteiger partial charge on any atom is 0.0620 e. The summed E-state index contributed by atoms with van der Waals surface area (Å²) in [6, 6.07) is 9.40. The molecule has 1 aromatic carbocycles. The van der Waals surface area contributed by atoms with Crippen molar-refractivity contribution in [1.82, 2.24) is 10.6 Å². The molecule has 2 rings (SSSR count). The summed E-state index contributed by atoms with van der Waals surface area (Å²) in [4.78, 5) is 0. The van der Waals surface area contributed by atoms with Crippen molar-refractivity contribution in [2.24, 2.45) is 0 Å². The van der Waals surface area contributed by atoms with Crippen LogP contribution in [-0.4, -0.2) is 31.8 Å². The molecule has 100 valence electrons. The Kier molecular flexibility index (Phi) is 5.63. The number of hydrogen-bond acceptors (Lipinski definition) is 3. The van der Waals surface area contributed by atoms with Crippen LogP contribution in [0.15, 0.2) is 28.7 Å². The monoisotopic (exact) mass is 312 g/mol. The fraction of sp³-hybridized carbons (Fsp3) is 0.571. The summed E-state index contributed by atoms with van der Waals surface area (Å²) in [6.45, 7) is 5.80. The highest BCUT2D eigenvalue weighted by Gasteiger charge is 2.15. The molecule has 2 N–H and O–H groups in total. The maximum atomic E-state index is 5.47. The predicted octanol–water partition coefficient (Wildman–Crippen LogP) is 2.31. The van der Waals surface area contributed by atoms with E-state index in [1.807, 2.05) is 0 Å². The second-order valence-corrected chi connectivity index (χ2v) is 5.79. The minimum absolute atomic E-state index is 0.489. The molecule has 0 spiro atoms. The van der Waals surface area contributed by atoms with Gasteiger partial charge < -0.3 is 15.4 Å². The SMILES string of the molecule is CC(CC1COCCN1)NCc1cccc(Br)c1. The Morgan fingerprint density at radius 3 is 3.17 bits per heavy atom. The van der Waals surface area contributed by atoms with Crippen LogP contribution in [0.3, 0.4) is 0 Å². The number of benzene rings is 1. The quantitative estimate of drug-likeness (QED) is 0.875. The molecule has 2 unspecified atom stereocenters. The number of ether oxygens (including phenoxy) is 1. The predicted molar refractivity (Wildman–Crippen MR) is 77.7 cm³/mol. The lowest BCUT2D eigenvalue weighted by Gasteiger charge is -2.26. The fourth-order valence-electron chi connectivity index (χ4n) is 2.22. The molecular weight excluding hydrogens is 292 g/mol. The topological polar surface area (TPSA) is 33.3 Å². The van der Waals surface area contributed by atoms with Crippen molar-refractivity contribution in [3.05, 3.63) is 34.3 Å². The van der Waals surface area contributed by atoms with Crippen LogP contribution >= 0.6 is 15.9 Å². The minimum Gasteiger partial charge on any atom is -0.379 e. The van der Waals surface area contributed by atoms with E-state index in [-0.39, 0.29) is 0 Å². The number of rotatable bonds is 5. The Bertz CT molecular complexity index is 367. The molecule has 0 aromatic heterocycles. The van der Waals surface area contributed by atoms with E-state index < -0.39 is 0 Å². The van der Waals surface area contributed by atoms with Crippen LogP contribution in [0, 0.1) is 0 Å². The fourth-order valence-corrected chi connectivity index (χ4v) is 2.67. The van der Waals surface area contributed by atoms with Gasteiger partial charge >= 0.3 is 0 Å². The van der Waals surface area contributed by atoms with E-state index in [1.54, 1.807) is 0 Å². The highest BCUT2D eigenvalue weighted by atomic mass is 79.9. The lowest BCUT2D eigenvalue weighted by Crippen LogP contribution is -2.44. The van der Waals surface area contributed by atoms with E-state index in [0.717, 1.165) is 37.2 Å². The van der Waals surface area contributed by atoms with E-state index >= 15 is 0 Å². The van der Waals surface area contributed by atoms with Gasteiger partial charge in [0, 0.05) is 29.6 Å². The van der Waals surface area contributed by atoms with E-state index in [0.29, 0.717) is 12.1 Å². The van der Waals surface area contributed by atoms with Gasteiger partial charge in [-0.25, -0.2) is 0 Å². The third kappa shape index (κ3) is 4.69. The molecule has 1 aromatic rings. The average Bonchev–Trinajstić information content (AvgIpc) is 2.38. The summed E-state index contributed by atoms with van der Waals surface area (Å²) in [6.07, 6.45) is 1.11. The van der Waals surface area contributed by atoms with E-state index in [9.17, 15) is 0 Å². The summed E-state index contributed by atoms with van der Waals surface area (Å²) in [5.74, 6) is 0. The Labute approximate surface area is 117 Å². The zero-order valence-corrected chi connectivity index (χ0v) is 12.4. The Morgan fingerprint density at radius 2 is 2.44 bits per heavy atom. The summed E-state index contributed by atoms with van der Waals surface area (Å²) in [5, 5.41) is 7.04. The van der Waals surface area contributed by atoms with Crippen LogP contribution in [0.25, 0.3) is 0 Å². The molecule has 1 fully saturated rings. The van der Waals surface area contributed by atoms with Gasteiger partial charge in [0.2, 0.25) is 0 Å². The van der Waals surface area contributed by atoms with Crippen molar-refractivity contribution in [2.45, 2.75) is 32.0 Å². The highest BCUT2D eigenvalue weighted by molar-refractivity contribution is 9.10. The lowest BCUT2D eigenvalue weighted by molar-refractivity contribution is 0.0712. The average molecular weight is 313 g/mol. The zero-order valence-electron chi connectivity index (χ0n) is 10.8. The first-order valence-corrected chi connectivity index (χ1v) is 7.32. The van der Waals surface area contributed by atoms with Crippen molar-refractivity contribution in [2.75, 3.05) is 19.8 Å². The molecular formula is C14H21BrN2O. The highest BCUT2D eigenvalue weighted by Crippen LogP contribution is 2.12. The van der Waals surface area contributed by atoms with Gasteiger partial charge in [0.25, 0.3) is 0 Å². The molecule has 18 heavy (non-hydrogen) atoms. The van der Waals surface area contributed by atoms with Crippen LogP contribution in [-0.2, 0) is 11.3 Å². The van der Waals surface area contributed by atoms with Crippen LogP contribution < -0.4 is 10.6 Å². The standard InChI is InChI=1S/C14H21BrN2O/c1-11(7-14-10-18-6-5-16-14)17-9-12-3-2-4-13(15)8-12/h2-4,8,11,14,16-17H,5-7,9-10H2,1H3. The van der Waals surface area contributed by atoms with Crippen LogP contribution in [0.5, 0.6) is 0 Å². The molecule has 0 aliphatic carbocycles. The number of morpholine rings is 1. The van der Waals surface area contributed by atoms with Gasteiger partial charge in [-0.1, -0.05) is 28.1 Å². The molecule has 0 amide bonds. The first-order chi connectivity index (χ1) is 8.74. The summed E-state index contributed by atoms with van der Waals surface area (Å²) in [7, 11) is 0.